The molecule has 0 saturated carbocycles. The quantitative estimate of drug-likeness (QED) is 0.287. The van der Waals surface area contributed by atoms with Gasteiger partial charge in [0, 0.05) is 10.1 Å². The fraction of sp³-hybridized carbons (Fsp3) is 0.409. The van der Waals surface area contributed by atoms with Crippen molar-refractivity contribution in [3.8, 4) is 5.75 Å². The molecule has 0 N–H and O–H groups in total. The molecule has 5 heteroatoms. The van der Waals surface area contributed by atoms with Crippen molar-refractivity contribution in [3.05, 3.63) is 60.2 Å². The number of thioether (sulfide) groups is 1. The predicted octanol–water partition coefficient (Wildman–Crippen LogP) is 5.11. The lowest BCUT2D eigenvalue weighted by Gasteiger charge is -2.17. The molecule has 1 unspecified atom stereocenters. The molecular weight excluding hydrogens is 360 g/mol. The molecule has 0 amide bonds. The van der Waals surface area contributed by atoms with Gasteiger partial charge < -0.3 is 14.2 Å². The van der Waals surface area contributed by atoms with Crippen molar-refractivity contribution in [2.45, 2.75) is 42.9 Å². The first-order valence-electron chi connectivity index (χ1n) is 9.29. The van der Waals surface area contributed by atoms with Crippen LogP contribution in [-0.2, 0) is 20.9 Å². The van der Waals surface area contributed by atoms with Crippen LogP contribution in [0.1, 0.15) is 31.7 Å². The molecule has 2 aromatic rings. The monoisotopic (exact) mass is 388 g/mol. The number of carbonyl (C=O) groups excluding carboxylic acids is 1. The van der Waals surface area contributed by atoms with Crippen molar-refractivity contribution in [3.63, 3.8) is 0 Å². The Bertz CT molecular complexity index is 658. The fourth-order valence-corrected chi connectivity index (χ4v) is 3.50. The summed E-state index contributed by atoms with van der Waals surface area (Å²) < 4.78 is 16.4. The standard InChI is InChI=1S/C22H28O4S/c1-3-4-14-26-22(23)15-21(17-25-16-18-8-6-5-7-9-18)27-20-12-10-19(24-2)11-13-20/h5-13,21H,3-4,14-17H2,1-2H3. The highest BCUT2D eigenvalue weighted by Crippen LogP contribution is 2.28. The third-order valence-corrected chi connectivity index (χ3v) is 5.11. The molecule has 0 aromatic heterocycles. The van der Waals surface area contributed by atoms with Crippen LogP contribution >= 0.6 is 11.8 Å². The van der Waals surface area contributed by atoms with E-state index >= 15 is 0 Å². The van der Waals surface area contributed by atoms with Gasteiger partial charge >= 0.3 is 5.97 Å². The molecule has 0 saturated heterocycles. The first kappa shape index (κ1) is 21.3. The summed E-state index contributed by atoms with van der Waals surface area (Å²) in [7, 11) is 1.65. The maximum atomic E-state index is 12.1. The molecule has 1 atom stereocenters. The van der Waals surface area contributed by atoms with Crippen LogP contribution in [-0.4, -0.2) is 31.5 Å². The van der Waals surface area contributed by atoms with Crippen molar-refractivity contribution < 1.29 is 19.0 Å². The van der Waals surface area contributed by atoms with Crippen LogP contribution in [0.3, 0.4) is 0 Å². The molecule has 0 spiro atoms. The van der Waals surface area contributed by atoms with Crippen LogP contribution in [0.2, 0.25) is 0 Å². The first-order valence-corrected chi connectivity index (χ1v) is 10.2. The van der Waals surface area contributed by atoms with Gasteiger partial charge in [0.05, 0.1) is 33.4 Å². The van der Waals surface area contributed by atoms with Crippen molar-refractivity contribution in [1.29, 1.82) is 0 Å². The second-order valence-corrected chi connectivity index (χ2v) is 7.57. The van der Waals surface area contributed by atoms with Gasteiger partial charge in [-0.2, -0.15) is 0 Å². The SMILES string of the molecule is CCCCOC(=O)CC(COCc1ccccc1)Sc1ccc(OC)cc1. The number of rotatable bonds is 12. The first-order chi connectivity index (χ1) is 13.2. The van der Waals surface area contributed by atoms with E-state index in [-0.39, 0.29) is 11.2 Å². The van der Waals surface area contributed by atoms with Crippen LogP contribution in [0.4, 0.5) is 0 Å². The number of benzene rings is 2. The fourth-order valence-electron chi connectivity index (χ4n) is 2.44. The second-order valence-electron chi connectivity index (χ2n) is 6.19. The summed E-state index contributed by atoms with van der Waals surface area (Å²) >= 11 is 1.63. The Morgan fingerprint density at radius 1 is 1.07 bits per heavy atom. The van der Waals surface area contributed by atoms with Crippen LogP contribution < -0.4 is 4.74 Å². The van der Waals surface area contributed by atoms with Gasteiger partial charge in [-0.1, -0.05) is 43.7 Å². The average Bonchev–Trinajstić information content (AvgIpc) is 2.69. The molecule has 27 heavy (non-hydrogen) atoms. The molecule has 2 aromatic carbocycles. The van der Waals surface area contributed by atoms with Crippen LogP contribution in [0.5, 0.6) is 5.75 Å². The van der Waals surface area contributed by atoms with Crippen molar-refractivity contribution in [1.82, 2.24) is 0 Å². The molecule has 4 nitrogen and oxygen atoms in total. The molecule has 0 radical (unpaired) electrons. The molecule has 0 aliphatic carbocycles. The molecule has 146 valence electrons. The number of carbonyl (C=O) groups is 1. The van der Waals surface area contributed by atoms with E-state index in [0.29, 0.717) is 26.2 Å². The summed E-state index contributed by atoms with van der Waals surface area (Å²) in [6.07, 6.45) is 2.24. The Balaban J connectivity index is 1.90. The summed E-state index contributed by atoms with van der Waals surface area (Å²) in [4.78, 5) is 13.2. The molecule has 0 aliphatic heterocycles. The topological polar surface area (TPSA) is 44.8 Å². The van der Waals surface area contributed by atoms with Gasteiger partial charge in [-0.25, -0.2) is 0 Å². The maximum absolute atomic E-state index is 12.1. The average molecular weight is 389 g/mol. The van der Waals surface area contributed by atoms with Gasteiger partial charge in [0.25, 0.3) is 0 Å². The van der Waals surface area contributed by atoms with E-state index in [1.807, 2.05) is 54.6 Å². The second kappa shape index (κ2) is 12.4. The van der Waals surface area contributed by atoms with Crippen molar-refractivity contribution in [2.75, 3.05) is 20.3 Å². The molecule has 0 aliphatic rings. The predicted molar refractivity (Wildman–Crippen MR) is 109 cm³/mol. The highest BCUT2D eigenvalue weighted by atomic mass is 32.2. The normalized spacial score (nSPS) is 11.8. The number of methoxy groups -OCH3 is 1. The third-order valence-electron chi connectivity index (χ3n) is 3.93. The summed E-state index contributed by atoms with van der Waals surface area (Å²) in [5.74, 6) is 0.646. The zero-order chi connectivity index (χ0) is 19.3. The van der Waals surface area contributed by atoms with Crippen LogP contribution in [0.15, 0.2) is 59.5 Å². The smallest absolute Gasteiger partial charge is 0.307 e. The van der Waals surface area contributed by atoms with Crippen molar-refractivity contribution in [2.24, 2.45) is 0 Å². The molecule has 0 heterocycles. The van der Waals surface area contributed by atoms with Gasteiger partial charge in [0.15, 0.2) is 0 Å². The number of ether oxygens (including phenoxy) is 3. The van der Waals surface area contributed by atoms with E-state index in [2.05, 4.69) is 6.92 Å². The number of hydrogen-bond acceptors (Lipinski definition) is 5. The minimum atomic E-state index is -0.169. The van der Waals surface area contributed by atoms with E-state index in [9.17, 15) is 4.79 Å². The van der Waals surface area contributed by atoms with E-state index in [1.54, 1.807) is 18.9 Å². The van der Waals surface area contributed by atoms with E-state index in [1.165, 1.54) is 0 Å². The summed E-state index contributed by atoms with van der Waals surface area (Å²) in [6, 6.07) is 17.9. The van der Waals surface area contributed by atoms with E-state index in [4.69, 9.17) is 14.2 Å². The third kappa shape index (κ3) is 8.50. The van der Waals surface area contributed by atoms with E-state index in [0.717, 1.165) is 29.1 Å². The minimum absolute atomic E-state index is 0.00349. The van der Waals surface area contributed by atoms with Gasteiger partial charge in [0.2, 0.25) is 0 Å². The lowest BCUT2D eigenvalue weighted by Crippen LogP contribution is -2.19. The zero-order valence-corrected chi connectivity index (χ0v) is 16.9. The molecule has 0 fully saturated rings. The van der Waals surface area contributed by atoms with Gasteiger partial charge in [0.1, 0.15) is 5.75 Å². The van der Waals surface area contributed by atoms with Crippen molar-refractivity contribution >= 4 is 17.7 Å². The van der Waals surface area contributed by atoms with E-state index < -0.39 is 0 Å². The Labute approximate surface area is 166 Å². The lowest BCUT2D eigenvalue weighted by atomic mass is 10.2. The number of hydrogen-bond donors (Lipinski definition) is 0. The summed E-state index contributed by atoms with van der Waals surface area (Å²) in [6.45, 7) is 3.58. The lowest BCUT2D eigenvalue weighted by molar-refractivity contribution is -0.144. The van der Waals surface area contributed by atoms with Gasteiger partial charge in [-0.15, -0.1) is 11.8 Å². The van der Waals surface area contributed by atoms with Gasteiger partial charge in [-0.05, 0) is 36.2 Å². The Morgan fingerprint density at radius 2 is 1.81 bits per heavy atom. The van der Waals surface area contributed by atoms with Gasteiger partial charge in [-0.3, -0.25) is 4.79 Å². The van der Waals surface area contributed by atoms with Crippen LogP contribution in [0.25, 0.3) is 0 Å². The Morgan fingerprint density at radius 3 is 2.48 bits per heavy atom. The van der Waals surface area contributed by atoms with Crippen LogP contribution in [0, 0.1) is 0 Å². The highest BCUT2D eigenvalue weighted by molar-refractivity contribution is 8.00. The Kier molecular flexibility index (Phi) is 9.80. The zero-order valence-electron chi connectivity index (χ0n) is 16.1. The largest absolute Gasteiger partial charge is 0.497 e. The minimum Gasteiger partial charge on any atom is -0.497 e. The Hall–Kier alpha value is -1.98. The highest BCUT2D eigenvalue weighted by Gasteiger charge is 2.17. The summed E-state index contributed by atoms with van der Waals surface area (Å²) in [5, 5.41) is -0.00349. The number of esters is 1. The maximum Gasteiger partial charge on any atom is 0.307 e. The molecular formula is C22H28O4S. The number of unbranched alkanes of at least 4 members (excludes halogenated alkanes) is 1. The molecule has 2 rings (SSSR count). The molecule has 0 bridgehead atoms. The summed E-state index contributed by atoms with van der Waals surface area (Å²) in [5.41, 5.74) is 1.12.